The molecule has 0 radical (unpaired) electrons. The zero-order valence-corrected chi connectivity index (χ0v) is 14.3. The molecule has 1 aliphatic rings. The van der Waals surface area contributed by atoms with Gasteiger partial charge < -0.3 is 14.6 Å². The summed E-state index contributed by atoms with van der Waals surface area (Å²) in [7, 11) is 0. The van der Waals surface area contributed by atoms with Gasteiger partial charge in [-0.05, 0) is 38.0 Å². The lowest BCUT2D eigenvalue weighted by Gasteiger charge is -2.11. The minimum atomic E-state index is -0.436. The van der Waals surface area contributed by atoms with Crippen molar-refractivity contribution in [1.29, 1.82) is 0 Å². The molecule has 0 spiro atoms. The van der Waals surface area contributed by atoms with Crippen molar-refractivity contribution < 1.29 is 18.4 Å². The molecule has 1 amide bonds. The molecule has 1 N–H and O–H groups in total. The van der Waals surface area contributed by atoms with E-state index in [9.17, 15) is 9.18 Å². The highest BCUT2D eigenvalue weighted by molar-refractivity contribution is 6.09. The van der Waals surface area contributed by atoms with Gasteiger partial charge in [0, 0.05) is 24.4 Å². The molecule has 3 heterocycles. The number of pyridine rings is 1. The smallest absolute Gasteiger partial charge is 0.259 e. The summed E-state index contributed by atoms with van der Waals surface area (Å²) < 4.78 is 25.0. The first-order chi connectivity index (χ1) is 12.6. The van der Waals surface area contributed by atoms with Crippen molar-refractivity contribution >= 4 is 17.0 Å². The summed E-state index contributed by atoms with van der Waals surface area (Å²) in [5, 5.41) is 7.26. The van der Waals surface area contributed by atoms with E-state index < -0.39 is 5.82 Å². The van der Waals surface area contributed by atoms with E-state index in [0.29, 0.717) is 23.2 Å². The second kappa shape index (κ2) is 6.84. The standard InChI is InChI=1S/C19H18FN3O3/c1-11-9-14(18(24)21-10-12-5-4-8-25-12)16-17(23-26-19(16)22-11)13-6-2-3-7-15(13)20/h2-3,6-7,9,12H,4-5,8,10H2,1H3,(H,21,24). The van der Waals surface area contributed by atoms with Crippen molar-refractivity contribution in [2.45, 2.75) is 25.9 Å². The normalized spacial score (nSPS) is 16.9. The van der Waals surface area contributed by atoms with Crippen LogP contribution in [0.1, 0.15) is 28.9 Å². The van der Waals surface area contributed by atoms with Crippen LogP contribution in [-0.4, -0.2) is 35.3 Å². The van der Waals surface area contributed by atoms with Gasteiger partial charge in [-0.25, -0.2) is 9.37 Å². The van der Waals surface area contributed by atoms with E-state index in [-0.39, 0.29) is 29.0 Å². The molecule has 1 atom stereocenters. The van der Waals surface area contributed by atoms with Crippen LogP contribution in [0.3, 0.4) is 0 Å². The fourth-order valence-corrected chi connectivity index (χ4v) is 3.20. The molecule has 1 saturated heterocycles. The summed E-state index contributed by atoms with van der Waals surface area (Å²) >= 11 is 0. The fraction of sp³-hybridized carbons (Fsp3) is 0.316. The number of hydrogen-bond acceptors (Lipinski definition) is 5. The minimum Gasteiger partial charge on any atom is -0.376 e. The zero-order chi connectivity index (χ0) is 18.1. The molecule has 6 nitrogen and oxygen atoms in total. The number of fused-ring (bicyclic) bond motifs is 1. The molecule has 26 heavy (non-hydrogen) atoms. The third kappa shape index (κ3) is 3.06. The van der Waals surface area contributed by atoms with Crippen molar-refractivity contribution in [3.63, 3.8) is 0 Å². The molecule has 1 aliphatic heterocycles. The summed E-state index contributed by atoms with van der Waals surface area (Å²) in [6, 6.07) is 7.90. The van der Waals surface area contributed by atoms with Crippen LogP contribution in [-0.2, 0) is 4.74 Å². The van der Waals surface area contributed by atoms with E-state index in [1.54, 1.807) is 31.2 Å². The van der Waals surface area contributed by atoms with E-state index in [1.165, 1.54) is 6.07 Å². The van der Waals surface area contributed by atoms with Crippen LogP contribution in [0, 0.1) is 12.7 Å². The molecule has 1 fully saturated rings. The third-order valence-electron chi connectivity index (χ3n) is 4.46. The number of hydrogen-bond donors (Lipinski definition) is 1. The largest absolute Gasteiger partial charge is 0.376 e. The van der Waals surface area contributed by atoms with Crippen LogP contribution >= 0.6 is 0 Å². The van der Waals surface area contributed by atoms with E-state index in [2.05, 4.69) is 15.5 Å². The van der Waals surface area contributed by atoms with Crippen LogP contribution in [0.2, 0.25) is 0 Å². The average Bonchev–Trinajstić information content (AvgIpc) is 3.29. The lowest BCUT2D eigenvalue weighted by Crippen LogP contribution is -2.32. The number of aromatic nitrogens is 2. The van der Waals surface area contributed by atoms with Crippen LogP contribution in [0.5, 0.6) is 0 Å². The summed E-state index contributed by atoms with van der Waals surface area (Å²) in [6.07, 6.45) is 1.96. The number of carbonyl (C=O) groups is 1. The molecule has 7 heteroatoms. The lowest BCUT2D eigenvalue weighted by atomic mass is 10.0. The summed E-state index contributed by atoms with van der Waals surface area (Å²) in [5.41, 5.74) is 1.74. The predicted molar refractivity (Wildman–Crippen MR) is 93.2 cm³/mol. The van der Waals surface area contributed by atoms with E-state index >= 15 is 0 Å². The maximum Gasteiger partial charge on any atom is 0.259 e. The van der Waals surface area contributed by atoms with Crippen molar-refractivity contribution in [3.8, 4) is 11.3 Å². The van der Waals surface area contributed by atoms with Crippen molar-refractivity contribution in [1.82, 2.24) is 15.5 Å². The van der Waals surface area contributed by atoms with Crippen molar-refractivity contribution in [3.05, 3.63) is 47.4 Å². The number of benzene rings is 1. The first-order valence-corrected chi connectivity index (χ1v) is 8.55. The molecule has 2 aromatic heterocycles. The monoisotopic (exact) mass is 355 g/mol. The van der Waals surface area contributed by atoms with Crippen molar-refractivity contribution in [2.24, 2.45) is 0 Å². The molecule has 3 aromatic rings. The Labute approximate surface area is 149 Å². The Morgan fingerprint density at radius 2 is 2.23 bits per heavy atom. The molecule has 1 unspecified atom stereocenters. The molecule has 0 bridgehead atoms. The number of rotatable bonds is 4. The second-order valence-corrected chi connectivity index (χ2v) is 6.35. The Balaban J connectivity index is 1.74. The van der Waals surface area contributed by atoms with Crippen LogP contribution < -0.4 is 5.32 Å². The summed E-state index contributed by atoms with van der Waals surface area (Å²) in [6.45, 7) is 2.92. The van der Waals surface area contributed by atoms with Gasteiger partial charge in [-0.15, -0.1) is 0 Å². The Morgan fingerprint density at radius 3 is 3.00 bits per heavy atom. The summed E-state index contributed by atoms with van der Waals surface area (Å²) in [5.74, 6) is -0.717. The SMILES string of the molecule is Cc1cc(C(=O)NCC2CCCO2)c2c(-c3ccccc3F)noc2n1. The maximum absolute atomic E-state index is 14.2. The highest BCUT2D eigenvalue weighted by Crippen LogP contribution is 2.31. The second-order valence-electron chi connectivity index (χ2n) is 6.35. The minimum absolute atomic E-state index is 0.0332. The Morgan fingerprint density at radius 1 is 1.38 bits per heavy atom. The highest BCUT2D eigenvalue weighted by atomic mass is 19.1. The quantitative estimate of drug-likeness (QED) is 0.777. The van der Waals surface area contributed by atoms with Gasteiger partial charge in [-0.1, -0.05) is 17.3 Å². The Hall–Kier alpha value is -2.80. The van der Waals surface area contributed by atoms with Gasteiger partial charge in [0.1, 0.15) is 11.5 Å². The maximum atomic E-state index is 14.2. The fourth-order valence-electron chi connectivity index (χ4n) is 3.20. The number of aryl methyl sites for hydroxylation is 1. The first kappa shape index (κ1) is 16.7. The molecule has 4 rings (SSSR count). The zero-order valence-electron chi connectivity index (χ0n) is 14.3. The lowest BCUT2D eigenvalue weighted by molar-refractivity contribution is 0.0859. The average molecular weight is 355 g/mol. The van der Waals surface area contributed by atoms with Crippen LogP contribution in [0.4, 0.5) is 4.39 Å². The van der Waals surface area contributed by atoms with Crippen molar-refractivity contribution in [2.75, 3.05) is 13.2 Å². The molecule has 1 aromatic carbocycles. The van der Waals surface area contributed by atoms with Gasteiger partial charge in [0.15, 0.2) is 0 Å². The number of ether oxygens (including phenoxy) is 1. The number of amides is 1. The molecular weight excluding hydrogens is 337 g/mol. The van der Waals surface area contributed by atoms with Gasteiger partial charge in [0.25, 0.3) is 11.6 Å². The van der Waals surface area contributed by atoms with Gasteiger partial charge in [0.05, 0.1) is 17.1 Å². The van der Waals surface area contributed by atoms with Gasteiger partial charge >= 0.3 is 0 Å². The highest BCUT2D eigenvalue weighted by Gasteiger charge is 2.23. The van der Waals surface area contributed by atoms with E-state index in [0.717, 1.165) is 19.4 Å². The number of carbonyl (C=O) groups excluding carboxylic acids is 1. The Kier molecular flexibility index (Phi) is 4.38. The number of nitrogens with one attached hydrogen (secondary N) is 1. The first-order valence-electron chi connectivity index (χ1n) is 8.55. The number of nitrogens with zero attached hydrogens (tertiary/aromatic N) is 2. The van der Waals surface area contributed by atoms with Crippen LogP contribution in [0.15, 0.2) is 34.9 Å². The van der Waals surface area contributed by atoms with Gasteiger partial charge in [0.2, 0.25) is 0 Å². The van der Waals surface area contributed by atoms with E-state index in [1.807, 2.05) is 0 Å². The Bertz CT molecular complexity index is 964. The molecule has 134 valence electrons. The van der Waals surface area contributed by atoms with E-state index in [4.69, 9.17) is 9.26 Å². The summed E-state index contributed by atoms with van der Waals surface area (Å²) in [4.78, 5) is 17.1. The van der Waals surface area contributed by atoms with Gasteiger partial charge in [-0.3, -0.25) is 4.79 Å². The van der Waals surface area contributed by atoms with Gasteiger partial charge in [-0.2, -0.15) is 0 Å². The van der Waals surface area contributed by atoms with Crippen LogP contribution in [0.25, 0.3) is 22.4 Å². The number of halogens is 1. The third-order valence-corrected chi connectivity index (χ3v) is 4.46. The predicted octanol–water partition coefficient (Wildman–Crippen LogP) is 3.25. The topological polar surface area (TPSA) is 77.2 Å². The molecule has 0 saturated carbocycles. The molecule has 0 aliphatic carbocycles. The molecular formula is C19H18FN3O3.